The van der Waals surface area contributed by atoms with Crippen LogP contribution in [0.15, 0.2) is 24.5 Å². The van der Waals surface area contributed by atoms with Crippen molar-refractivity contribution in [2.75, 3.05) is 0 Å². The lowest BCUT2D eigenvalue weighted by Gasteiger charge is -2.07. The predicted molar refractivity (Wildman–Crippen MR) is 58.7 cm³/mol. The summed E-state index contributed by atoms with van der Waals surface area (Å²) in [5.74, 6) is -0.131. The van der Waals surface area contributed by atoms with Gasteiger partial charge in [-0.25, -0.2) is 4.98 Å². The van der Waals surface area contributed by atoms with Crippen LogP contribution in [0, 0.1) is 0 Å². The number of pyridine rings is 1. The van der Waals surface area contributed by atoms with E-state index in [2.05, 4.69) is 15.3 Å². The van der Waals surface area contributed by atoms with Crippen LogP contribution in [0.2, 0.25) is 0 Å². The first kappa shape index (κ1) is 9.71. The van der Waals surface area contributed by atoms with Gasteiger partial charge < -0.3 is 10.3 Å². The lowest BCUT2D eigenvalue weighted by Crippen LogP contribution is -2.30. The number of fused-ring (bicyclic) bond motifs is 1. The molecule has 2 N–H and O–H groups in total. The Labute approximate surface area is 87.7 Å². The first-order valence-corrected chi connectivity index (χ1v) is 4.91. The van der Waals surface area contributed by atoms with Crippen LogP contribution >= 0.6 is 0 Å². The lowest BCUT2D eigenvalue weighted by molar-refractivity contribution is 0.0938. The monoisotopic (exact) mass is 203 g/mol. The third kappa shape index (κ3) is 1.98. The van der Waals surface area contributed by atoms with Gasteiger partial charge in [0.2, 0.25) is 0 Å². The zero-order valence-corrected chi connectivity index (χ0v) is 8.74. The average molecular weight is 203 g/mol. The molecule has 0 radical (unpaired) electrons. The molecule has 0 aromatic carbocycles. The minimum absolute atomic E-state index is 0.126. The number of H-pyrrole nitrogens is 1. The Bertz CT molecular complexity index is 487. The number of rotatable bonds is 2. The molecule has 2 rings (SSSR count). The van der Waals surface area contributed by atoms with Crippen LogP contribution in [0.4, 0.5) is 0 Å². The highest BCUT2D eigenvalue weighted by Gasteiger charge is 2.08. The molecule has 15 heavy (non-hydrogen) atoms. The number of carbonyl (C=O) groups excluding carboxylic acids is 1. The van der Waals surface area contributed by atoms with Gasteiger partial charge >= 0.3 is 0 Å². The first-order chi connectivity index (χ1) is 7.16. The summed E-state index contributed by atoms with van der Waals surface area (Å²) in [5.41, 5.74) is 1.40. The fourth-order valence-corrected chi connectivity index (χ4v) is 1.41. The SMILES string of the molecule is CC(C)NC(=O)c1cc2cc[nH]c2cn1. The van der Waals surface area contributed by atoms with Gasteiger partial charge in [-0.3, -0.25) is 4.79 Å². The van der Waals surface area contributed by atoms with Crippen molar-refractivity contribution in [1.82, 2.24) is 15.3 Å². The van der Waals surface area contributed by atoms with Gasteiger partial charge in [-0.2, -0.15) is 0 Å². The van der Waals surface area contributed by atoms with E-state index >= 15 is 0 Å². The molecule has 0 saturated carbocycles. The largest absolute Gasteiger partial charge is 0.360 e. The van der Waals surface area contributed by atoms with Crippen LogP contribution in [0.25, 0.3) is 10.9 Å². The van der Waals surface area contributed by atoms with Gasteiger partial charge in [-0.15, -0.1) is 0 Å². The Morgan fingerprint density at radius 3 is 3.07 bits per heavy atom. The van der Waals surface area contributed by atoms with Crippen molar-refractivity contribution >= 4 is 16.8 Å². The van der Waals surface area contributed by atoms with Crippen molar-refractivity contribution in [2.24, 2.45) is 0 Å². The van der Waals surface area contributed by atoms with Gasteiger partial charge in [-0.1, -0.05) is 0 Å². The third-order valence-corrected chi connectivity index (χ3v) is 2.09. The van der Waals surface area contributed by atoms with Gasteiger partial charge in [0.1, 0.15) is 5.69 Å². The molecule has 0 unspecified atom stereocenters. The van der Waals surface area contributed by atoms with Crippen LogP contribution in [0.5, 0.6) is 0 Å². The Kier molecular flexibility index (Phi) is 2.41. The van der Waals surface area contributed by atoms with Gasteiger partial charge in [0, 0.05) is 17.6 Å². The maximum Gasteiger partial charge on any atom is 0.270 e. The van der Waals surface area contributed by atoms with E-state index in [9.17, 15) is 4.79 Å². The second-order valence-corrected chi connectivity index (χ2v) is 3.76. The van der Waals surface area contributed by atoms with E-state index in [0.717, 1.165) is 10.9 Å². The molecule has 4 nitrogen and oxygen atoms in total. The molecule has 0 saturated heterocycles. The molecular weight excluding hydrogens is 190 g/mol. The Morgan fingerprint density at radius 2 is 2.33 bits per heavy atom. The highest BCUT2D eigenvalue weighted by atomic mass is 16.1. The third-order valence-electron chi connectivity index (χ3n) is 2.09. The van der Waals surface area contributed by atoms with Crippen molar-refractivity contribution in [3.8, 4) is 0 Å². The normalized spacial score (nSPS) is 10.9. The molecule has 0 fully saturated rings. The van der Waals surface area contributed by atoms with E-state index in [1.165, 1.54) is 0 Å². The van der Waals surface area contributed by atoms with Gasteiger partial charge in [-0.05, 0) is 26.0 Å². The van der Waals surface area contributed by atoms with Crippen LogP contribution in [0.3, 0.4) is 0 Å². The molecule has 0 spiro atoms. The minimum Gasteiger partial charge on any atom is -0.360 e. The molecule has 0 aliphatic rings. The summed E-state index contributed by atoms with van der Waals surface area (Å²) in [7, 11) is 0. The number of nitrogens with zero attached hydrogens (tertiary/aromatic N) is 1. The molecule has 0 aliphatic heterocycles. The smallest absolute Gasteiger partial charge is 0.270 e. The van der Waals surface area contributed by atoms with E-state index in [4.69, 9.17) is 0 Å². The number of aromatic nitrogens is 2. The summed E-state index contributed by atoms with van der Waals surface area (Å²) < 4.78 is 0. The van der Waals surface area contributed by atoms with Crippen LogP contribution < -0.4 is 5.32 Å². The number of hydrogen-bond donors (Lipinski definition) is 2. The summed E-state index contributed by atoms with van der Waals surface area (Å²) in [6.45, 7) is 3.85. The average Bonchev–Trinajstić information content (AvgIpc) is 2.62. The van der Waals surface area contributed by atoms with Crippen LogP contribution in [0.1, 0.15) is 24.3 Å². The number of carbonyl (C=O) groups is 1. The number of aromatic amines is 1. The topological polar surface area (TPSA) is 57.8 Å². The number of hydrogen-bond acceptors (Lipinski definition) is 2. The highest BCUT2D eigenvalue weighted by Crippen LogP contribution is 2.11. The van der Waals surface area contributed by atoms with Gasteiger partial charge in [0.25, 0.3) is 5.91 Å². The molecule has 2 heterocycles. The Balaban J connectivity index is 2.31. The summed E-state index contributed by atoms with van der Waals surface area (Å²) >= 11 is 0. The van der Waals surface area contributed by atoms with Crippen molar-refractivity contribution in [3.05, 3.63) is 30.2 Å². The van der Waals surface area contributed by atoms with Crippen molar-refractivity contribution in [3.63, 3.8) is 0 Å². The quantitative estimate of drug-likeness (QED) is 0.780. The Hall–Kier alpha value is -1.84. The number of nitrogens with one attached hydrogen (secondary N) is 2. The van der Waals surface area contributed by atoms with Gasteiger partial charge in [0.05, 0.1) is 11.7 Å². The van der Waals surface area contributed by atoms with Crippen LogP contribution in [-0.4, -0.2) is 21.9 Å². The zero-order valence-electron chi connectivity index (χ0n) is 8.74. The standard InChI is InChI=1S/C11H13N3O/c1-7(2)14-11(15)9-5-8-3-4-12-10(8)6-13-9/h3-7,12H,1-2H3,(H,14,15). The second-order valence-electron chi connectivity index (χ2n) is 3.76. The predicted octanol–water partition coefficient (Wildman–Crippen LogP) is 1.70. The first-order valence-electron chi connectivity index (χ1n) is 4.91. The van der Waals surface area contributed by atoms with E-state index in [1.807, 2.05) is 26.1 Å². The molecule has 4 heteroatoms. The van der Waals surface area contributed by atoms with E-state index in [0.29, 0.717) is 5.69 Å². The molecule has 0 aliphatic carbocycles. The molecule has 1 amide bonds. The van der Waals surface area contributed by atoms with Crippen molar-refractivity contribution < 1.29 is 4.79 Å². The zero-order chi connectivity index (χ0) is 10.8. The molecule has 2 aromatic rings. The van der Waals surface area contributed by atoms with E-state index in [-0.39, 0.29) is 11.9 Å². The van der Waals surface area contributed by atoms with Crippen molar-refractivity contribution in [2.45, 2.75) is 19.9 Å². The summed E-state index contributed by atoms with van der Waals surface area (Å²) in [4.78, 5) is 18.8. The molecule has 0 bridgehead atoms. The second kappa shape index (κ2) is 3.73. The fourth-order valence-electron chi connectivity index (χ4n) is 1.41. The molecule has 0 atom stereocenters. The van der Waals surface area contributed by atoms with Crippen molar-refractivity contribution in [1.29, 1.82) is 0 Å². The molecular formula is C11H13N3O. The Morgan fingerprint density at radius 1 is 1.53 bits per heavy atom. The fraction of sp³-hybridized carbons (Fsp3) is 0.273. The maximum atomic E-state index is 11.6. The van der Waals surface area contributed by atoms with Gasteiger partial charge in [0.15, 0.2) is 0 Å². The highest BCUT2D eigenvalue weighted by molar-refractivity contribution is 5.95. The molecule has 2 aromatic heterocycles. The molecule has 78 valence electrons. The summed E-state index contributed by atoms with van der Waals surface area (Å²) in [6, 6.07) is 3.83. The minimum atomic E-state index is -0.131. The lowest BCUT2D eigenvalue weighted by atomic mass is 10.2. The maximum absolute atomic E-state index is 11.6. The van der Waals surface area contributed by atoms with E-state index in [1.54, 1.807) is 12.3 Å². The number of amides is 1. The summed E-state index contributed by atoms with van der Waals surface area (Å²) in [6.07, 6.45) is 3.50. The summed E-state index contributed by atoms with van der Waals surface area (Å²) in [5, 5.41) is 3.80. The van der Waals surface area contributed by atoms with E-state index < -0.39 is 0 Å². The van der Waals surface area contributed by atoms with Crippen LogP contribution in [-0.2, 0) is 0 Å².